The van der Waals surface area contributed by atoms with Crippen LogP contribution in [0.2, 0.25) is 0 Å². The molecule has 1 fully saturated rings. The lowest BCUT2D eigenvalue weighted by atomic mass is 9.93. The van der Waals surface area contributed by atoms with Crippen molar-refractivity contribution in [2.45, 2.75) is 56.5 Å². The maximum atomic E-state index is 15.4. The average Bonchev–Trinajstić information content (AvgIpc) is 3.55. The average molecular weight is 508 g/mol. The molecule has 12 heteroatoms. The SMILES string of the molecule is O=C(Nc1ccn(C[C@@H](O)CO)n1)[C@H](CC1(F)CCCC1)N1CC(Oc2c(F)cccc2F)=CC1=O. The van der Waals surface area contributed by atoms with Gasteiger partial charge in [-0.2, -0.15) is 5.10 Å². The molecule has 194 valence electrons. The summed E-state index contributed by atoms with van der Waals surface area (Å²) in [6.07, 6.45) is 3.04. The number of benzene rings is 1. The monoisotopic (exact) mass is 508 g/mol. The predicted octanol–water partition coefficient (Wildman–Crippen LogP) is 2.30. The zero-order valence-electron chi connectivity index (χ0n) is 19.4. The van der Waals surface area contributed by atoms with Gasteiger partial charge in [-0.05, 0) is 25.0 Å². The van der Waals surface area contributed by atoms with Gasteiger partial charge in [-0.25, -0.2) is 13.2 Å². The van der Waals surface area contributed by atoms with Crippen molar-refractivity contribution in [2.75, 3.05) is 18.5 Å². The highest BCUT2D eigenvalue weighted by Crippen LogP contribution is 2.39. The minimum absolute atomic E-state index is 0.00871. The maximum Gasteiger partial charge on any atom is 0.251 e. The molecule has 0 unspecified atom stereocenters. The number of nitrogens with one attached hydrogen (secondary N) is 1. The van der Waals surface area contributed by atoms with Crippen molar-refractivity contribution in [3.05, 3.63) is 53.9 Å². The Kier molecular flexibility index (Phi) is 7.65. The molecule has 2 amide bonds. The number of halogens is 3. The highest BCUT2D eigenvalue weighted by molar-refractivity contribution is 6.00. The molecule has 1 saturated carbocycles. The van der Waals surface area contributed by atoms with E-state index in [0.717, 1.165) is 23.1 Å². The molecule has 0 radical (unpaired) electrons. The Labute approximate surface area is 205 Å². The second-order valence-electron chi connectivity index (χ2n) is 9.06. The number of nitrogens with zero attached hydrogens (tertiary/aromatic N) is 3. The molecule has 1 aromatic carbocycles. The number of hydrogen-bond acceptors (Lipinski definition) is 6. The lowest BCUT2D eigenvalue weighted by Crippen LogP contribution is -2.48. The number of anilines is 1. The summed E-state index contributed by atoms with van der Waals surface area (Å²) in [5, 5.41) is 25.2. The van der Waals surface area contributed by atoms with Crippen molar-refractivity contribution in [3.8, 4) is 5.75 Å². The Hall–Kier alpha value is -3.38. The summed E-state index contributed by atoms with van der Waals surface area (Å²) in [5.74, 6) is -3.89. The zero-order valence-corrected chi connectivity index (χ0v) is 19.4. The zero-order chi connectivity index (χ0) is 25.9. The third kappa shape index (κ3) is 5.88. The normalized spacial score (nSPS) is 18.8. The molecule has 2 aromatic rings. The standard InChI is InChI=1S/C24H27F3N4O5/c25-17-4-3-5-18(26)22(17)36-16-10-21(34)31(13-16)19(11-24(27)7-1-2-8-24)23(35)28-20-6-9-30(29-20)12-15(33)14-32/h3-6,9-10,15,19,32-33H,1-2,7-8,11-14H2,(H,28,29,35)/t15-,19+/m1/s1. The topological polar surface area (TPSA) is 117 Å². The van der Waals surface area contributed by atoms with E-state index in [1.54, 1.807) is 0 Å². The highest BCUT2D eigenvalue weighted by atomic mass is 19.1. The van der Waals surface area contributed by atoms with Gasteiger partial charge < -0.3 is 25.2 Å². The third-order valence-electron chi connectivity index (χ3n) is 6.28. The first kappa shape index (κ1) is 25.7. The van der Waals surface area contributed by atoms with Gasteiger partial charge in [-0.1, -0.05) is 18.9 Å². The molecular formula is C24H27F3N4O5. The van der Waals surface area contributed by atoms with Gasteiger partial charge in [0.1, 0.15) is 17.5 Å². The molecule has 36 heavy (non-hydrogen) atoms. The first-order chi connectivity index (χ1) is 17.2. The number of ether oxygens (including phenoxy) is 1. The summed E-state index contributed by atoms with van der Waals surface area (Å²) in [4.78, 5) is 27.1. The molecular weight excluding hydrogens is 481 g/mol. The van der Waals surface area contributed by atoms with Crippen LogP contribution in [0.4, 0.5) is 19.0 Å². The van der Waals surface area contributed by atoms with E-state index in [9.17, 15) is 23.5 Å². The minimum Gasteiger partial charge on any atom is -0.453 e. The number of hydrogen-bond donors (Lipinski definition) is 3. The summed E-state index contributed by atoms with van der Waals surface area (Å²) in [7, 11) is 0. The first-order valence-corrected chi connectivity index (χ1v) is 11.6. The number of para-hydroxylation sites is 1. The molecule has 0 bridgehead atoms. The summed E-state index contributed by atoms with van der Waals surface area (Å²) < 4.78 is 50.1. The number of aliphatic hydroxyl groups excluding tert-OH is 2. The maximum absolute atomic E-state index is 15.4. The summed E-state index contributed by atoms with van der Waals surface area (Å²) in [6, 6.07) is 3.41. The number of carbonyl (C=O) groups is 2. The Morgan fingerprint density at radius 1 is 1.22 bits per heavy atom. The molecule has 2 atom stereocenters. The van der Waals surface area contributed by atoms with Crippen LogP contribution >= 0.6 is 0 Å². The van der Waals surface area contributed by atoms with Crippen molar-refractivity contribution in [1.82, 2.24) is 14.7 Å². The van der Waals surface area contributed by atoms with E-state index in [2.05, 4.69) is 10.4 Å². The Morgan fingerprint density at radius 2 is 1.92 bits per heavy atom. The van der Waals surface area contributed by atoms with Gasteiger partial charge >= 0.3 is 0 Å². The van der Waals surface area contributed by atoms with Crippen LogP contribution in [-0.2, 0) is 16.1 Å². The fourth-order valence-electron chi connectivity index (χ4n) is 4.47. The molecule has 4 rings (SSSR count). The Bertz CT molecular complexity index is 1130. The molecule has 3 N–H and O–H groups in total. The van der Waals surface area contributed by atoms with Gasteiger partial charge in [0.15, 0.2) is 23.2 Å². The number of aromatic nitrogens is 2. The first-order valence-electron chi connectivity index (χ1n) is 11.6. The van der Waals surface area contributed by atoms with E-state index in [1.165, 1.54) is 23.0 Å². The van der Waals surface area contributed by atoms with Crippen molar-refractivity contribution in [2.24, 2.45) is 0 Å². The van der Waals surface area contributed by atoms with Crippen molar-refractivity contribution in [3.63, 3.8) is 0 Å². The molecule has 1 aliphatic carbocycles. The summed E-state index contributed by atoms with van der Waals surface area (Å²) in [6.45, 7) is -0.753. The minimum atomic E-state index is -1.64. The van der Waals surface area contributed by atoms with Crippen LogP contribution < -0.4 is 10.1 Å². The van der Waals surface area contributed by atoms with E-state index in [-0.39, 0.29) is 43.9 Å². The van der Waals surface area contributed by atoms with Crippen LogP contribution in [0.3, 0.4) is 0 Å². The number of alkyl halides is 1. The third-order valence-corrected chi connectivity index (χ3v) is 6.28. The summed E-state index contributed by atoms with van der Waals surface area (Å²) in [5.41, 5.74) is -1.64. The van der Waals surface area contributed by atoms with Crippen molar-refractivity contribution >= 4 is 17.6 Å². The van der Waals surface area contributed by atoms with Crippen molar-refractivity contribution < 1.29 is 37.7 Å². The molecule has 0 spiro atoms. The van der Waals surface area contributed by atoms with Gasteiger partial charge in [-0.3, -0.25) is 14.3 Å². The van der Waals surface area contributed by atoms with Crippen LogP contribution in [0.1, 0.15) is 32.1 Å². The van der Waals surface area contributed by atoms with Gasteiger partial charge in [-0.15, -0.1) is 0 Å². The van der Waals surface area contributed by atoms with Crippen LogP contribution in [0.5, 0.6) is 5.75 Å². The van der Waals surface area contributed by atoms with Crippen LogP contribution in [0.15, 0.2) is 42.3 Å². The van der Waals surface area contributed by atoms with E-state index in [0.29, 0.717) is 12.8 Å². The number of aliphatic hydroxyl groups is 2. The van der Waals surface area contributed by atoms with E-state index in [4.69, 9.17) is 9.84 Å². The van der Waals surface area contributed by atoms with E-state index < -0.39 is 53.6 Å². The van der Waals surface area contributed by atoms with Gasteiger partial charge in [0.05, 0.1) is 25.8 Å². The highest BCUT2D eigenvalue weighted by Gasteiger charge is 2.43. The molecule has 2 heterocycles. The van der Waals surface area contributed by atoms with Crippen LogP contribution in [-0.4, -0.2) is 67.7 Å². The van der Waals surface area contributed by atoms with Crippen LogP contribution in [0.25, 0.3) is 0 Å². The number of carbonyl (C=O) groups excluding carboxylic acids is 2. The Balaban J connectivity index is 1.50. The number of amides is 2. The van der Waals surface area contributed by atoms with Gasteiger partial charge in [0.2, 0.25) is 5.91 Å². The van der Waals surface area contributed by atoms with E-state index in [1.807, 2.05) is 0 Å². The largest absolute Gasteiger partial charge is 0.453 e. The van der Waals surface area contributed by atoms with Gasteiger partial charge in [0.25, 0.3) is 5.91 Å². The quantitative estimate of drug-likeness (QED) is 0.454. The summed E-state index contributed by atoms with van der Waals surface area (Å²) >= 11 is 0. The lowest BCUT2D eigenvalue weighted by Gasteiger charge is -2.31. The fourth-order valence-corrected chi connectivity index (χ4v) is 4.47. The van der Waals surface area contributed by atoms with Crippen LogP contribution in [0, 0.1) is 11.6 Å². The molecule has 1 aromatic heterocycles. The van der Waals surface area contributed by atoms with Crippen molar-refractivity contribution in [1.29, 1.82) is 0 Å². The van der Waals surface area contributed by atoms with E-state index >= 15 is 4.39 Å². The smallest absolute Gasteiger partial charge is 0.251 e. The number of rotatable bonds is 10. The second-order valence-corrected chi connectivity index (χ2v) is 9.06. The lowest BCUT2D eigenvalue weighted by molar-refractivity contribution is -0.134. The fraction of sp³-hybridized carbons (Fsp3) is 0.458. The molecule has 2 aliphatic rings. The molecule has 0 saturated heterocycles. The molecule has 1 aliphatic heterocycles. The molecule has 9 nitrogen and oxygen atoms in total. The second kappa shape index (κ2) is 10.7. The van der Waals surface area contributed by atoms with Gasteiger partial charge in [0, 0.05) is 24.8 Å². The Morgan fingerprint density at radius 3 is 2.58 bits per heavy atom. The predicted molar refractivity (Wildman–Crippen MR) is 121 cm³/mol.